The Labute approximate surface area is 103 Å². The molecule has 0 unspecified atom stereocenters. The Bertz CT molecular complexity index is 345. The summed E-state index contributed by atoms with van der Waals surface area (Å²) >= 11 is 0. The molecule has 0 aliphatic rings. The van der Waals surface area contributed by atoms with Crippen LogP contribution in [0.5, 0.6) is 6.08 Å². The highest BCUT2D eigenvalue weighted by Crippen LogP contribution is 2.11. The van der Waals surface area contributed by atoms with Gasteiger partial charge in [-0.1, -0.05) is 19.4 Å². The molecule has 0 saturated carbocycles. The maximum absolute atomic E-state index is 5.36. The quantitative estimate of drug-likeness (QED) is 0.707. The van der Waals surface area contributed by atoms with Gasteiger partial charge >= 0.3 is 6.08 Å². The van der Waals surface area contributed by atoms with Crippen LogP contribution in [-0.2, 0) is 6.54 Å². The fourth-order valence-corrected chi connectivity index (χ4v) is 1.24. The number of ether oxygens (including phenoxy) is 1. The van der Waals surface area contributed by atoms with Crippen LogP contribution in [-0.4, -0.2) is 18.1 Å². The first-order valence-electron chi connectivity index (χ1n) is 6.00. The zero-order valence-electron chi connectivity index (χ0n) is 11.0. The maximum atomic E-state index is 5.36. The van der Waals surface area contributed by atoms with E-state index in [1.165, 1.54) is 0 Å². The third-order valence-corrected chi connectivity index (χ3v) is 2.14. The van der Waals surface area contributed by atoms with Crippen LogP contribution in [0.25, 0.3) is 0 Å². The van der Waals surface area contributed by atoms with E-state index in [0.717, 1.165) is 24.2 Å². The Morgan fingerprint density at radius 3 is 3.00 bits per heavy atom. The molecule has 0 atom stereocenters. The summed E-state index contributed by atoms with van der Waals surface area (Å²) in [5.41, 5.74) is 1.96. The fourth-order valence-electron chi connectivity index (χ4n) is 1.24. The molecule has 0 bridgehead atoms. The Hall–Kier alpha value is -1.29. The topological polar surface area (TPSA) is 47.3 Å². The van der Waals surface area contributed by atoms with Crippen LogP contribution in [0.1, 0.15) is 32.9 Å². The van der Waals surface area contributed by atoms with Crippen LogP contribution >= 0.6 is 0 Å². The van der Waals surface area contributed by atoms with Gasteiger partial charge in [0.2, 0.25) is 0 Å². The molecule has 0 aliphatic heterocycles. The first kappa shape index (κ1) is 13.8. The Morgan fingerprint density at radius 1 is 1.59 bits per heavy atom. The summed E-state index contributed by atoms with van der Waals surface area (Å²) in [6.45, 7) is 12.4. The lowest BCUT2D eigenvalue weighted by Gasteiger charge is -2.04. The van der Waals surface area contributed by atoms with Crippen molar-refractivity contribution in [3.05, 3.63) is 24.1 Å². The predicted octanol–water partition coefficient (Wildman–Crippen LogP) is 2.77. The molecule has 0 amide bonds. The van der Waals surface area contributed by atoms with Crippen LogP contribution in [0.3, 0.4) is 0 Å². The molecule has 0 fully saturated rings. The smallest absolute Gasteiger partial charge is 0.393 e. The maximum Gasteiger partial charge on any atom is 0.393 e. The summed E-state index contributed by atoms with van der Waals surface area (Å²) in [4.78, 5) is 4.22. The number of nitrogens with zero attached hydrogens (tertiary/aromatic N) is 1. The second-order valence-corrected chi connectivity index (χ2v) is 4.69. The van der Waals surface area contributed by atoms with Gasteiger partial charge in [-0.2, -0.15) is 4.98 Å². The van der Waals surface area contributed by atoms with Crippen molar-refractivity contribution < 1.29 is 9.15 Å². The highest BCUT2D eigenvalue weighted by atomic mass is 16.6. The molecule has 1 rings (SSSR count). The monoisotopic (exact) mass is 238 g/mol. The molecule has 0 saturated heterocycles. The summed E-state index contributed by atoms with van der Waals surface area (Å²) < 4.78 is 10.6. The average molecular weight is 238 g/mol. The summed E-state index contributed by atoms with van der Waals surface area (Å²) in [6, 6.07) is 0. The van der Waals surface area contributed by atoms with E-state index in [0.29, 0.717) is 25.1 Å². The van der Waals surface area contributed by atoms with Crippen LogP contribution in [0.4, 0.5) is 0 Å². The standard InChI is InChI=1S/C13H22N2O2/c1-10(2)5-6-16-13-15-12(9-17-13)8-14-7-11(3)4/h9,11,14H,1,5-8H2,2-4H3. The molecular weight excluding hydrogens is 216 g/mol. The molecule has 1 aromatic heterocycles. The lowest BCUT2D eigenvalue weighted by molar-refractivity contribution is 0.233. The predicted molar refractivity (Wildman–Crippen MR) is 68.0 cm³/mol. The van der Waals surface area contributed by atoms with Crippen molar-refractivity contribution in [2.45, 2.75) is 33.7 Å². The van der Waals surface area contributed by atoms with Crippen LogP contribution in [0.15, 0.2) is 22.8 Å². The zero-order chi connectivity index (χ0) is 12.7. The molecule has 0 radical (unpaired) electrons. The molecule has 0 aliphatic carbocycles. The highest BCUT2D eigenvalue weighted by molar-refractivity contribution is 4.99. The van der Waals surface area contributed by atoms with Gasteiger partial charge in [-0.25, -0.2) is 0 Å². The van der Waals surface area contributed by atoms with Crippen molar-refractivity contribution in [2.24, 2.45) is 5.92 Å². The average Bonchev–Trinajstić information content (AvgIpc) is 2.65. The van der Waals surface area contributed by atoms with E-state index >= 15 is 0 Å². The van der Waals surface area contributed by atoms with Crippen LogP contribution in [0, 0.1) is 5.92 Å². The van der Waals surface area contributed by atoms with Crippen molar-refractivity contribution >= 4 is 0 Å². The third kappa shape index (κ3) is 6.12. The van der Waals surface area contributed by atoms with E-state index < -0.39 is 0 Å². The van der Waals surface area contributed by atoms with Crippen molar-refractivity contribution in [3.8, 4) is 6.08 Å². The zero-order valence-corrected chi connectivity index (χ0v) is 11.0. The largest absolute Gasteiger partial charge is 0.450 e. The number of hydrogen-bond acceptors (Lipinski definition) is 4. The molecule has 4 heteroatoms. The molecule has 4 nitrogen and oxygen atoms in total. The number of rotatable bonds is 8. The summed E-state index contributed by atoms with van der Waals surface area (Å²) in [5.74, 6) is 0.633. The number of hydrogen-bond donors (Lipinski definition) is 1. The van der Waals surface area contributed by atoms with Crippen LogP contribution < -0.4 is 10.1 Å². The Kier molecular flexibility index (Phi) is 5.77. The van der Waals surface area contributed by atoms with Gasteiger partial charge in [-0.05, 0) is 19.4 Å². The molecule has 96 valence electrons. The number of aromatic nitrogens is 1. The highest BCUT2D eigenvalue weighted by Gasteiger charge is 2.04. The molecular formula is C13H22N2O2. The minimum absolute atomic E-state index is 0.340. The molecule has 0 aromatic carbocycles. The first-order valence-corrected chi connectivity index (χ1v) is 6.00. The van der Waals surface area contributed by atoms with E-state index in [2.05, 4.69) is 30.7 Å². The van der Waals surface area contributed by atoms with E-state index in [1.54, 1.807) is 6.26 Å². The summed E-state index contributed by atoms with van der Waals surface area (Å²) in [6.07, 6.45) is 2.79. The Balaban J connectivity index is 2.25. The molecule has 0 spiro atoms. The van der Waals surface area contributed by atoms with E-state index in [9.17, 15) is 0 Å². The number of nitrogens with one attached hydrogen (secondary N) is 1. The summed E-state index contributed by atoms with van der Waals surface area (Å²) in [5, 5.41) is 3.30. The van der Waals surface area contributed by atoms with E-state index in [-0.39, 0.29) is 0 Å². The molecule has 1 aromatic rings. The molecule has 1 N–H and O–H groups in total. The van der Waals surface area contributed by atoms with Crippen molar-refractivity contribution in [1.29, 1.82) is 0 Å². The van der Waals surface area contributed by atoms with Crippen LogP contribution in [0.2, 0.25) is 0 Å². The van der Waals surface area contributed by atoms with Crippen molar-refractivity contribution in [2.75, 3.05) is 13.2 Å². The van der Waals surface area contributed by atoms with E-state index in [4.69, 9.17) is 9.15 Å². The molecule has 1 heterocycles. The van der Waals surface area contributed by atoms with Gasteiger partial charge in [0.05, 0.1) is 12.3 Å². The third-order valence-electron chi connectivity index (χ3n) is 2.14. The Morgan fingerprint density at radius 2 is 2.35 bits per heavy atom. The van der Waals surface area contributed by atoms with Gasteiger partial charge < -0.3 is 14.5 Å². The second-order valence-electron chi connectivity index (χ2n) is 4.69. The second kappa shape index (κ2) is 7.12. The minimum Gasteiger partial charge on any atom is -0.450 e. The lowest BCUT2D eigenvalue weighted by Crippen LogP contribution is -2.19. The SMILES string of the molecule is C=C(C)CCOc1nc(CNCC(C)C)co1. The van der Waals surface area contributed by atoms with Gasteiger partial charge in [0.1, 0.15) is 6.26 Å². The molecule has 17 heavy (non-hydrogen) atoms. The van der Waals surface area contributed by atoms with Crippen molar-refractivity contribution in [3.63, 3.8) is 0 Å². The minimum atomic E-state index is 0.340. The van der Waals surface area contributed by atoms with E-state index in [1.807, 2.05) is 6.92 Å². The van der Waals surface area contributed by atoms with Gasteiger partial charge in [0.25, 0.3) is 0 Å². The summed E-state index contributed by atoms with van der Waals surface area (Å²) in [7, 11) is 0. The van der Waals surface area contributed by atoms with Gasteiger partial charge in [0.15, 0.2) is 0 Å². The van der Waals surface area contributed by atoms with Gasteiger partial charge in [0, 0.05) is 13.0 Å². The van der Waals surface area contributed by atoms with Gasteiger partial charge in [-0.15, -0.1) is 6.58 Å². The van der Waals surface area contributed by atoms with Gasteiger partial charge in [-0.3, -0.25) is 0 Å². The lowest BCUT2D eigenvalue weighted by atomic mass is 10.2. The first-order chi connectivity index (χ1) is 8.08. The number of oxazole rings is 1. The normalized spacial score (nSPS) is 10.8. The van der Waals surface area contributed by atoms with Crippen molar-refractivity contribution in [1.82, 2.24) is 10.3 Å². The fraction of sp³-hybridized carbons (Fsp3) is 0.615.